The molecule has 0 saturated heterocycles. The van der Waals surface area contributed by atoms with Crippen LogP contribution < -0.4 is 0 Å². The van der Waals surface area contributed by atoms with Gasteiger partial charge in [0.1, 0.15) is 0 Å². The SMILES string of the molecule is C/C=C\CC1CC1. The highest BCUT2D eigenvalue weighted by molar-refractivity contribution is 4.85. The number of rotatable bonds is 2. The van der Waals surface area contributed by atoms with Crippen LogP contribution in [0.3, 0.4) is 0 Å². The largest absolute Gasteiger partial charge is 0.0917 e. The molecule has 0 spiro atoms. The summed E-state index contributed by atoms with van der Waals surface area (Å²) in [7, 11) is 0. The van der Waals surface area contributed by atoms with Gasteiger partial charge in [-0.3, -0.25) is 0 Å². The molecule has 1 aliphatic carbocycles. The quantitative estimate of drug-likeness (QED) is 0.463. The van der Waals surface area contributed by atoms with E-state index in [-0.39, 0.29) is 0 Å². The molecule has 0 radical (unpaired) electrons. The highest BCUT2D eigenvalue weighted by Crippen LogP contribution is 2.32. The van der Waals surface area contributed by atoms with Gasteiger partial charge in [0.05, 0.1) is 0 Å². The van der Waals surface area contributed by atoms with Crippen LogP contribution >= 0.6 is 0 Å². The van der Waals surface area contributed by atoms with Gasteiger partial charge in [0.15, 0.2) is 0 Å². The standard InChI is InChI=1S/C7H12/c1-2-3-4-7-5-6-7/h2-3,7H,4-6H2,1H3/b3-2-. The highest BCUT2D eigenvalue weighted by atomic mass is 14.2. The molecular formula is C7H12. The fraction of sp³-hybridized carbons (Fsp3) is 0.714. The van der Waals surface area contributed by atoms with Crippen molar-refractivity contribution in [3.63, 3.8) is 0 Å². The van der Waals surface area contributed by atoms with E-state index in [9.17, 15) is 0 Å². The van der Waals surface area contributed by atoms with Crippen molar-refractivity contribution in [3.05, 3.63) is 12.2 Å². The fourth-order valence-electron chi connectivity index (χ4n) is 0.682. The summed E-state index contributed by atoms with van der Waals surface area (Å²) in [5, 5.41) is 0. The molecule has 7 heavy (non-hydrogen) atoms. The first-order chi connectivity index (χ1) is 3.43. The van der Waals surface area contributed by atoms with Gasteiger partial charge in [-0.25, -0.2) is 0 Å². The molecular weight excluding hydrogens is 84.1 g/mol. The van der Waals surface area contributed by atoms with Crippen molar-refractivity contribution in [3.8, 4) is 0 Å². The third kappa shape index (κ3) is 1.77. The monoisotopic (exact) mass is 96.1 g/mol. The predicted octanol–water partition coefficient (Wildman–Crippen LogP) is 2.36. The smallest absolute Gasteiger partial charge is 0.0322 e. The zero-order valence-electron chi connectivity index (χ0n) is 4.85. The summed E-state index contributed by atoms with van der Waals surface area (Å²) >= 11 is 0. The number of hydrogen-bond donors (Lipinski definition) is 0. The van der Waals surface area contributed by atoms with Gasteiger partial charge in [-0.05, 0) is 32.1 Å². The molecule has 40 valence electrons. The van der Waals surface area contributed by atoms with Gasteiger partial charge in [-0.2, -0.15) is 0 Å². The molecule has 1 saturated carbocycles. The van der Waals surface area contributed by atoms with E-state index in [0.717, 1.165) is 5.92 Å². The summed E-state index contributed by atoms with van der Waals surface area (Å²) in [4.78, 5) is 0. The Morgan fingerprint density at radius 1 is 1.57 bits per heavy atom. The average molecular weight is 96.2 g/mol. The van der Waals surface area contributed by atoms with Crippen molar-refractivity contribution >= 4 is 0 Å². The van der Waals surface area contributed by atoms with Crippen LogP contribution in [0.4, 0.5) is 0 Å². The number of hydrogen-bond acceptors (Lipinski definition) is 0. The molecule has 1 fully saturated rings. The first kappa shape index (κ1) is 4.89. The summed E-state index contributed by atoms with van der Waals surface area (Å²) < 4.78 is 0. The van der Waals surface area contributed by atoms with Gasteiger partial charge < -0.3 is 0 Å². The van der Waals surface area contributed by atoms with Gasteiger partial charge in [0, 0.05) is 0 Å². The Balaban J connectivity index is 1.98. The third-order valence-corrected chi connectivity index (χ3v) is 1.40. The Kier molecular flexibility index (Phi) is 1.50. The lowest BCUT2D eigenvalue weighted by Gasteiger charge is -1.79. The van der Waals surface area contributed by atoms with E-state index < -0.39 is 0 Å². The predicted molar refractivity (Wildman–Crippen MR) is 32.2 cm³/mol. The molecule has 0 aromatic heterocycles. The highest BCUT2D eigenvalue weighted by Gasteiger charge is 2.18. The van der Waals surface area contributed by atoms with E-state index in [1.165, 1.54) is 19.3 Å². The van der Waals surface area contributed by atoms with Crippen LogP contribution in [-0.4, -0.2) is 0 Å². The van der Waals surface area contributed by atoms with Crippen LogP contribution in [0.15, 0.2) is 12.2 Å². The maximum atomic E-state index is 2.26. The van der Waals surface area contributed by atoms with Crippen LogP contribution in [0, 0.1) is 5.92 Å². The summed E-state index contributed by atoms with van der Waals surface area (Å²) in [6.07, 6.45) is 8.68. The van der Waals surface area contributed by atoms with E-state index in [2.05, 4.69) is 19.1 Å². The molecule has 1 rings (SSSR count). The Hall–Kier alpha value is -0.260. The molecule has 0 N–H and O–H groups in total. The molecule has 0 amide bonds. The Morgan fingerprint density at radius 3 is 2.71 bits per heavy atom. The Bertz CT molecular complexity index is 68.1. The van der Waals surface area contributed by atoms with E-state index in [1.807, 2.05) is 0 Å². The van der Waals surface area contributed by atoms with Crippen molar-refractivity contribution < 1.29 is 0 Å². The van der Waals surface area contributed by atoms with Crippen LogP contribution in [0.25, 0.3) is 0 Å². The zero-order chi connectivity index (χ0) is 5.11. The second-order valence-electron chi connectivity index (χ2n) is 2.25. The van der Waals surface area contributed by atoms with Crippen molar-refractivity contribution in [2.75, 3.05) is 0 Å². The maximum Gasteiger partial charge on any atom is -0.0322 e. The van der Waals surface area contributed by atoms with Crippen molar-refractivity contribution in [1.82, 2.24) is 0 Å². The van der Waals surface area contributed by atoms with Crippen LogP contribution in [0.5, 0.6) is 0 Å². The Labute approximate surface area is 45.2 Å². The first-order valence-electron chi connectivity index (χ1n) is 3.04. The molecule has 0 atom stereocenters. The molecule has 0 aromatic rings. The van der Waals surface area contributed by atoms with Gasteiger partial charge in [-0.15, -0.1) is 0 Å². The lowest BCUT2D eigenvalue weighted by atomic mass is 10.3. The lowest BCUT2D eigenvalue weighted by Crippen LogP contribution is -1.65. The van der Waals surface area contributed by atoms with E-state index >= 15 is 0 Å². The lowest BCUT2D eigenvalue weighted by molar-refractivity contribution is 0.862. The second-order valence-corrected chi connectivity index (χ2v) is 2.25. The normalized spacial score (nSPS) is 21.3. The molecule has 1 aliphatic rings. The summed E-state index contributed by atoms with van der Waals surface area (Å²) in [6, 6.07) is 0. The molecule has 0 heteroatoms. The topological polar surface area (TPSA) is 0 Å². The average Bonchev–Trinajstić information content (AvgIpc) is 2.42. The molecule has 0 bridgehead atoms. The number of allylic oxidation sites excluding steroid dienone is 2. The minimum Gasteiger partial charge on any atom is -0.0917 e. The van der Waals surface area contributed by atoms with E-state index in [4.69, 9.17) is 0 Å². The van der Waals surface area contributed by atoms with Crippen molar-refractivity contribution in [2.45, 2.75) is 26.2 Å². The summed E-state index contributed by atoms with van der Waals surface area (Å²) in [5.74, 6) is 1.07. The van der Waals surface area contributed by atoms with Gasteiger partial charge >= 0.3 is 0 Å². The molecule has 0 heterocycles. The van der Waals surface area contributed by atoms with E-state index in [1.54, 1.807) is 0 Å². The minimum absolute atomic E-state index is 1.07. The van der Waals surface area contributed by atoms with Gasteiger partial charge in [0.2, 0.25) is 0 Å². The second kappa shape index (κ2) is 2.15. The van der Waals surface area contributed by atoms with Gasteiger partial charge in [-0.1, -0.05) is 12.2 Å². The van der Waals surface area contributed by atoms with Crippen molar-refractivity contribution in [1.29, 1.82) is 0 Å². The van der Waals surface area contributed by atoms with Crippen LogP contribution in [0.1, 0.15) is 26.2 Å². The van der Waals surface area contributed by atoms with Crippen LogP contribution in [-0.2, 0) is 0 Å². The zero-order valence-corrected chi connectivity index (χ0v) is 4.85. The Morgan fingerprint density at radius 2 is 2.29 bits per heavy atom. The molecule has 0 unspecified atom stereocenters. The summed E-state index contributed by atoms with van der Waals surface area (Å²) in [6.45, 7) is 2.09. The van der Waals surface area contributed by atoms with Crippen molar-refractivity contribution in [2.24, 2.45) is 5.92 Å². The van der Waals surface area contributed by atoms with E-state index in [0.29, 0.717) is 0 Å². The molecule has 0 nitrogen and oxygen atoms in total. The van der Waals surface area contributed by atoms with Gasteiger partial charge in [0.25, 0.3) is 0 Å². The third-order valence-electron chi connectivity index (χ3n) is 1.40. The minimum atomic E-state index is 1.07. The molecule has 0 aromatic carbocycles. The molecule has 0 aliphatic heterocycles. The fourth-order valence-corrected chi connectivity index (χ4v) is 0.682. The summed E-state index contributed by atoms with van der Waals surface area (Å²) in [5.41, 5.74) is 0. The first-order valence-corrected chi connectivity index (χ1v) is 3.04. The van der Waals surface area contributed by atoms with Crippen LogP contribution in [0.2, 0.25) is 0 Å². The maximum absolute atomic E-state index is 2.26.